The second-order valence-electron chi connectivity index (χ2n) is 3.36. The van der Waals surface area contributed by atoms with Crippen LogP contribution in [-0.4, -0.2) is 25.7 Å². The maximum absolute atomic E-state index is 11.7. The molecule has 4 heteroatoms. The second kappa shape index (κ2) is 6.76. The van der Waals surface area contributed by atoms with Crippen molar-refractivity contribution in [3.05, 3.63) is 48.1 Å². The predicted octanol–water partition coefficient (Wildman–Crippen LogP) is 0.215. The first kappa shape index (κ1) is 12.4. The smallest absolute Gasteiger partial charge is 0.251 e. The number of allylic oxidation sites excluding steroid dienone is 6. The van der Waals surface area contributed by atoms with E-state index in [4.69, 9.17) is 5.73 Å². The molecule has 1 unspecified atom stereocenters. The topological polar surface area (TPSA) is 67.2 Å². The van der Waals surface area contributed by atoms with Gasteiger partial charge in [-0.25, -0.2) is 0 Å². The van der Waals surface area contributed by atoms with E-state index in [0.717, 1.165) is 0 Å². The van der Waals surface area contributed by atoms with Crippen LogP contribution in [0.15, 0.2) is 48.1 Å². The van der Waals surface area contributed by atoms with Crippen LogP contribution in [0.1, 0.15) is 0 Å². The Bertz CT molecular complexity index is 353. The molecule has 1 atom stereocenters. The highest BCUT2D eigenvalue weighted by Gasteiger charge is 2.06. The van der Waals surface area contributed by atoms with Gasteiger partial charge < -0.3 is 16.4 Å². The van der Waals surface area contributed by atoms with Crippen molar-refractivity contribution < 1.29 is 4.79 Å². The number of rotatable bonds is 4. The van der Waals surface area contributed by atoms with Crippen molar-refractivity contribution in [1.29, 1.82) is 0 Å². The Hall–Kier alpha value is -1.65. The number of carbonyl (C=O) groups excluding carboxylic acids is 1. The van der Waals surface area contributed by atoms with Crippen LogP contribution in [0.25, 0.3) is 0 Å². The lowest BCUT2D eigenvalue weighted by molar-refractivity contribution is -0.117. The van der Waals surface area contributed by atoms with Gasteiger partial charge in [-0.3, -0.25) is 4.79 Å². The molecule has 0 aromatic heterocycles. The van der Waals surface area contributed by atoms with Gasteiger partial charge >= 0.3 is 0 Å². The fourth-order valence-electron chi connectivity index (χ4n) is 1.12. The van der Waals surface area contributed by atoms with Crippen molar-refractivity contribution in [3.63, 3.8) is 0 Å². The van der Waals surface area contributed by atoms with E-state index in [0.29, 0.717) is 12.1 Å². The minimum absolute atomic E-state index is 0.123. The quantitative estimate of drug-likeness (QED) is 0.592. The summed E-state index contributed by atoms with van der Waals surface area (Å²) in [6, 6.07) is 0. The van der Waals surface area contributed by atoms with Crippen LogP contribution >= 0.6 is 0 Å². The lowest BCUT2D eigenvalue weighted by Crippen LogP contribution is -2.45. The molecule has 0 aromatic rings. The summed E-state index contributed by atoms with van der Waals surface area (Å²) in [7, 11) is 1.75. The highest BCUT2D eigenvalue weighted by Crippen LogP contribution is 2.01. The van der Waals surface area contributed by atoms with Gasteiger partial charge in [0, 0.05) is 12.1 Å². The first-order chi connectivity index (χ1) is 7.74. The van der Waals surface area contributed by atoms with Gasteiger partial charge in [0.25, 0.3) is 5.91 Å². The summed E-state index contributed by atoms with van der Waals surface area (Å²) in [4.78, 5) is 11.7. The zero-order chi connectivity index (χ0) is 11.8. The molecule has 16 heavy (non-hydrogen) atoms. The first-order valence-electron chi connectivity index (χ1n) is 5.17. The van der Waals surface area contributed by atoms with Gasteiger partial charge in [-0.1, -0.05) is 30.4 Å². The maximum atomic E-state index is 11.7. The number of nitrogens with one attached hydrogen (secondary N) is 2. The third-order valence-electron chi connectivity index (χ3n) is 2.11. The SMILES string of the molecule is CNC(N)CNC(=O)C1=C/C=C\C=C/C=C1. The molecule has 1 aliphatic carbocycles. The molecular formula is C12H17N3O. The molecular weight excluding hydrogens is 202 g/mol. The zero-order valence-electron chi connectivity index (χ0n) is 9.31. The number of carbonyl (C=O) groups is 1. The summed E-state index contributed by atoms with van der Waals surface area (Å²) in [5.41, 5.74) is 6.23. The van der Waals surface area contributed by atoms with Crippen LogP contribution < -0.4 is 16.4 Å². The van der Waals surface area contributed by atoms with Crippen LogP contribution in [0.2, 0.25) is 0 Å². The standard InChI is InChI=1S/C12H17N3O/c1-14-11(13)9-15-12(16)10-7-5-3-2-4-6-8-10/h2-8,11,14H,9,13H2,1H3,(H,15,16)/b3-2-,4-2?,5-3?,6-4-,7-5?,8-6?,10-7?,10-8?. The van der Waals surface area contributed by atoms with Gasteiger partial charge in [0.2, 0.25) is 0 Å². The molecule has 4 N–H and O–H groups in total. The summed E-state index contributed by atoms with van der Waals surface area (Å²) in [5, 5.41) is 5.59. The van der Waals surface area contributed by atoms with Crippen LogP contribution in [-0.2, 0) is 4.79 Å². The molecule has 0 aromatic carbocycles. The number of likely N-dealkylation sites (N-methyl/N-ethyl adjacent to an activating group) is 1. The van der Waals surface area contributed by atoms with Crippen molar-refractivity contribution >= 4 is 5.91 Å². The largest absolute Gasteiger partial charge is 0.349 e. The van der Waals surface area contributed by atoms with Crippen LogP contribution in [0, 0.1) is 0 Å². The summed E-state index contributed by atoms with van der Waals surface area (Å²) < 4.78 is 0. The molecule has 0 spiro atoms. The third kappa shape index (κ3) is 4.25. The van der Waals surface area contributed by atoms with E-state index in [1.807, 2.05) is 30.4 Å². The van der Waals surface area contributed by atoms with E-state index in [9.17, 15) is 4.79 Å². The molecule has 0 aliphatic heterocycles. The number of hydrogen-bond acceptors (Lipinski definition) is 3. The molecule has 1 rings (SSSR count). The van der Waals surface area contributed by atoms with Crippen molar-refractivity contribution in [1.82, 2.24) is 10.6 Å². The first-order valence-corrected chi connectivity index (χ1v) is 5.17. The van der Waals surface area contributed by atoms with Crippen molar-refractivity contribution in [2.45, 2.75) is 6.17 Å². The zero-order valence-corrected chi connectivity index (χ0v) is 9.31. The van der Waals surface area contributed by atoms with Gasteiger partial charge in [-0.05, 0) is 19.2 Å². The number of nitrogens with two attached hydrogens (primary N) is 1. The summed E-state index contributed by atoms with van der Waals surface area (Å²) in [6.07, 6.45) is 12.6. The molecule has 86 valence electrons. The van der Waals surface area contributed by atoms with E-state index < -0.39 is 0 Å². The molecule has 0 saturated carbocycles. The minimum Gasteiger partial charge on any atom is -0.349 e. The molecule has 4 nitrogen and oxygen atoms in total. The number of hydrogen-bond donors (Lipinski definition) is 3. The van der Waals surface area contributed by atoms with E-state index in [2.05, 4.69) is 10.6 Å². The van der Waals surface area contributed by atoms with Gasteiger partial charge in [0.05, 0.1) is 6.17 Å². The Morgan fingerprint density at radius 2 is 2.00 bits per heavy atom. The molecule has 1 aliphatic rings. The lowest BCUT2D eigenvalue weighted by Gasteiger charge is -2.11. The van der Waals surface area contributed by atoms with Crippen LogP contribution in [0.5, 0.6) is 0 Å². The van der Waals surface area contributed by atoms with Crippen LogP contribution in [0.3, 0.4) is 0 Å². The Labute approximate surface area is 95.6 Å². The average molecular weight is 219 g/mol. The molecule has 1 amide bonds. The molecule has 0 fully saturated rings. The van der Waals surface area contributed by atoms with E-state index in [-0.39, 0.29) is 12.1 Å². The summed E-state index contributed by atoms with van der Waals surface area (Å²) in [5.74, 6) is -0.123. The van der Waals surface area contributed by atoms with Crippen molar-refractivity contribution in [3.8, 4) is 0 Å². The Kier molecular flexibility index (Phi) is 5.25. The molecule has 0 radical (unpaired) electrons. The van der Waals surface area contributed by atoms with Crippen molar-refractivity contribution in [2.75, 3.05) is 13.6 Å². The second-order valence-corrected chi connectivity index (χ2v) is 3.36. The summed E-state index contributed by atoms with van der Waals surface area (Å²) in [6.45, 7) is 0.403. The third-order valence-corrected chi connectivity index (χ3v) is 2.11. The Balaban J connectivity index is 2.53. The van der Waals surface area contributed by atoms with Crippen molar-refractivity contribution in [2.24, 2.45) is 5.73 Å². The average Bonchev–Trinajstić information content (AvgIpc) is 2.25. The highest BCUT2D eigenvalue weighted by atomic mass is 16.1. The molecule has 0 saturated heterocycles. The fourth-order valence-corrected chi connectivity index (χ4v) is 1.12. The van der Waals surface area contributed by atoms with Gasteiger partial charge in [0.1, 0.15) is 0 Å². The highest BCUT2D eigenvalue weighted by molar-refractivity contribution is 5.96. The molecule has 0 heterocycles. The Morgan fingerprint density at radius 1 is 1.31 bits per heavy atom. The normalized spacial score (nSPS) is 20.2. The van der Waals surface area contributed by atoms with Gasteiger partial charge in [-0.2, -0.15) is 0 Å². The fraction of sp³-hybridized carbons (Fsp3) is 0.250. The van der Waals surface area contributed by atoms with E-state index in [1.165, 1.54) is 0 Å². The molecule has 0 bridgehead atoms. The van der Waals surface area contributed by atoms with Crippen LogP contribution in [0.4, 0.5) is 0 Å². The monoisotopic (exact) mass is 219 g/mol. The van der Waals surface area contributed by atoms with E-state index in [1.54, 1.807) is 19.2 Å². The Morgan fingerprint density at radius 3 is 2.75 bits per heavy atom. The predicted molar refractivity (Wildman–Crippen MR) is 65.5 cm³/mol. The number of amides is 1. The maximum Gasteiger partial charge on any atom is 0.251 e. The van der Waals surface area contributed by atoms with Gasteiger partial charge in [-0.15, -0.1) is 0 Å². The minimum atomic E-state index is -0.225. The lowest BCUT2D eigenvalue weighted by atomic mass is 10.1. The summed E-state index contributed by atoms with van der Waals surface area (Å²) >= 11 is 0. The van der Waals surface area contributed by atoms with E-state index >= 15 is 0 Å². The van der Waals surface area contributed by atoms with Gasteiger partial charge in [0.15, 0.2) is 0 Å².